The van der Waals surface area contributed by atoms with E-state index in [4.69, 9.17) is 14.2 Å². The van der Waals surface area contributed by atoms with Gasteiger partial charge in [0.1, 0.15) is 29.7 Å². The van der Waals surface area contributed by atoms with Crippen LogP contribution in [0, 0.1) is 19.7 Å². The number of hydrogen-bond acceptors (Lipinski definition) is 8. The molecule has 0 unspecified atom stereocenters. The molecular formula is C39H40ClFN4O4S. The fraction of sp³-hybridized carbons (Fsp3) is 0.256. The molecule has 1 aliphatic rings. The third kappa shape index (κ3) is 10.4. The van der Waals surface area contributed by atoms with Crippen molar-refractivity contribution < 1.29 is 23.4 Å². The van der Waals surface area contributed by atoms with Gasteiger partial charge in [0.2, 0.25) is 11.8 Å². The number of ether oxygens (including phenoxy) is 3. The van der Waals surface area contributed by atoms with Gasteiger partial charge in [-0.15, -0.1) is 23.7 Å². The molecule has 11 heteroatoms. The molecule has 1 aliphatic heterocycles. The Hall–Kier alpha value is -4.77. The third-order valence-electron chi connectivity index (χ3n) is 8.27. The molecule has 0 N–H and O–H groups in total. The highest BCUT2D eigenvalue weighted by atomic mass is 35.5. The molecule has 0 bridgehead atoms. The number of amides is 1. The number of aromatic nitrogens is 2. The van der Waals surface area contributed by atoms with Gasteiger partial charge in [-0.25, -0.2) is 9.37 Å². The molecule has 260 valence electrons. The zero-order valence-electron chi connectivity index (χ0n) is 28.1. The summed E-state index contributed by atoms with van der Waals surface area (Å²) in [5, 5.41) is 0. The van der Waals surface area contributed by atoms with E-state index in [1.54, 1.807) is 53.5 Å². The van der Waals surface area contributed by atoms with E-state index >= 15 is 0 Å². The number of benzene rings is 3. The van der Waals surface area contributed by atoms with Crippen LogP contribution < -0.4 is 14.2 Å². The van der Waals surface area contributed by atoms with Crippen molar-refractivity contribution in [3.63, 3.8) is 0 Å². The molecule has 1 amide bonds. The predicted octanol–water partition coefficient (Wildman–Crippen LogP) is 8.07. The van der Waals surface area contributed by atoms with Crippen LogP contribution in [0.1, 0.15) is 32.7 Å². The molecule has 2 aromatic heterocycles. The van der Waals surface area contributed by atoms with Crippen LogP contribution in [0.25, 0.3) is 6.08 Å². The number of hydrogen-bond donors (Lipinski definition) is 0. The topological polar surface area (TPSA) is 77.0 Å². The van der Waals surface area contributed by atoms with Crippen LogP contribution in [0.5, 0.6) is 23.1 Å². The van der Waals surface area contributed by atoms with Crippen molar-refractivity contribution in [1.29, 1.82) is 0 Å². The molecule has 3 heterocycles. The van der Waals surface area contributed by atoms with Gasteiger partial charge in [0.25, 0.3) is 0 Å². The molecule has 8 nitrogen and oxygen atoms in total. The number of carbonyl (C=O) groups excluding carboxylic acids is 1. The molecule has 3 aromatic carbocycles. The largest absolute Gasteiger partial charge is 0.493 e. The molecule has 6 rings (SSSR count). The van der Waals surface area contributed by atoms with Gasteiger partial charge in [0.15, 0.2) is 0 Å². The van der Waals surface area contributed by atoms with Gasteiger partial charge in [-0.1, -0.05) is 24.3 Å². The number of rotatable bonds is 13. The van der Waals surface area contributed by atoms with Crippen LogP contribution in [-0.4, -0.2) is 58.5 Å². The lowest BCUT2D eigenvalue weighted by molar-refractivity contribution is -0.127. The molecule has 0 atom stereocenters. The molecule has 1 saturated heterocycles. The average molecular weight is 715 g/mol. The fourth-order valence-corrected chi connectivity index (χ4v) is 6.12. The minimum Gasteiger partial charge on any atom is -0.493 e. The number of halogens is 2. The number of piperazine rings is 1. The van der Waals surface area contributed by atoms with Gasteiger partial charge < -0.3 is 19.1 Å². The van der Waals surface area contributed by atoms with Crippen molar-refractivity contribution in [3.8, 4) is 23.1 Å². The van der Waals surface area contributed by atoms with Crippen molar-refractivity contribution in [2.75, 3.05) is 32.8 Å². The monoisotopic (exact) mass is 714 g/mol. The molecule has 50 heavy (non-hydrogen) atoms. The summed E-state index contributed by atoms with van der Waals surface area (Å²) in [4.78, 5) is 26.8. The number of pyridine rings is 1. The Balaban J connectivity index is 0.00000486. The highest BCUT2D eigenvalue weighted by molar-refractivity contribution is 7.09. The highest BCUT2D eigenvalue weighted by Crippen LogP contribution is 2.30. The van der Waals surface area contributed by atoms with E-state index in [0.717, 1.165) is 53.4 Å². The zero-order valence-corrected chi connectivity index (χ0v) is 29.7. The van der Waals surface area contributed by atoms with Crippen molar-refractivity contribution >= 4 is 35.7 Å². The number of thiazole rings is 1. The van der Waals surface area contributed by atoms with Crippen molar-refractivity contribution in [1.82, 2.24) is 19.8 Å². The van der Waals surface area contributed by atoms with E-state index < -0.39 is 0 Å². The molecule has 0 saturated carbocycles. The lowest BCUT2D eigenvalue weighted by atomic mass is 10.1. The van der Waals surface area contributed by atoms with Gasteiger partial charge in [-0.2, -0.15) is 0 Å². The normalized spacial score (nSPS) is 13.2. The smallest absolute Gasteiger partial charge is 0.246 e. The summed E-state index contributed by atoms with van der Waals surface area (Å²) >= 11 is 1.55. The van der Waals surface area contributed by atoms with E-state index in [-0.39, 0.29) is 24.1 Å². The Morgan fingerprint density at radius 3 is 2.24 bits per heavy atom. The zero-order chi connectivity index (χ0) is 34.0. The molecular weight excluding hydrogens is 675 g/mol. The van der Waals surface area contributed by atoms with Crippen LogP contribution >= 0.6 is 23.7 Å². The first-order valence-corrected chi connectivity index (χ1v) is 17.2. The van der Waals surface area contributed by atoms with E-state index in [1.165, 1.54) is 23.3 Å². The molecule has 0 spiro atoms. The molecule has 5 aromatic rings. The Morgan fingerprint density at radius 1 is 0.880 bits per heavy atom. The van der Waals surface area contributed by atoms with Crippen LogP contribution in [-0.2, 0) is 24.4 Å². The Bertz CT molecular complexity index is 1820. The summed E-state index contributed by atoms with van der Waals surface area (Å²) < 4.78 is 30.7. The lowest BCUT2D eigenvalue weighted by Gasteiger charge is -2.34. The Morgan fingerprint density at radius 2 is 1.58 bits per heavy atom. The summed E-state index contributed by atoms with van der Waals surface area (Å²) in [5.74, 6) is 2.31. The second kappa shape index (κ2) is 17.8. The van der Waals surface area contributed by atoms with E-state index in [0.29, 0.717) is 43.7 Å². The first-order chi connectivity index (χ1) is 23.9. The van der Waals surface area contributed by atoms with Crippen LogP contribution in [0.15, 0.2) is 96.8 Å². The van der Waals surface area contributed by atoms with E-state index in [9.17, 15) is 9.18 Å². The third-order valence-corrected chi connectivity index (χ3v) is 9.02. The quantitative estimate of drug-likeness (QED) is 0.114. The van der Waals surface area contributed by atoms with Crippen molar-refractivity contribution in [2.45, 2.75) is 33.4 Å². The molecule has 1 fully saturated rings. The summed E-state index contributed by atoms with van der Waals surface area (Å²) in [7, 11) is 0. The first kappa shape index (κ1) is 36.5. The van der Waals surface area contributed by atoms with Gasteiger partial charge >= 0.3 is 0 Å². The first-order valence-electron chi connectivity index (χ1n) is 16.3. The minimum atomic E-state index is -0.268. The maximum atomic E-state index is 13.1. The van der Waals surface area contributed by atoms with E-state index in [1.807, 2.05) is 43.0 Å². The highest BCUT2D eigenvalue weighted by Gasteiger charge is 2.20. The average Bonchev–Trinajstić information content (AvgIpc) is 3.64. The standard InChI is InChI=1S/C39H39FN4O4S.ClH/c1-28-21-32(22-29(2)39(28)48-37-13-12-35(23-42-37)47-26-36-24-41-27-49-36)7-14-38(45)44-18-16-43(17-19-44)25-31-5-3-30(4-6-31)15-20-46-34-10-8-33(40)9-11-34;/h3-14,21-24,27H,15-20,25-26H2,1-2H3;1H. The summed E-state index contributed by atoms with van der Waals surface area (Å²) in [5.41, 5.74) is 7.07. The Kier molecular flexibility index (Phi) is 13.0. The lowest BCUT2D eigenvalue weighted by Crippen LogP contribution is -2.47. The maximum Gasteiger partial charge on any atom is 0.246 e. The second-order valence-electron chi connectivity index (χ2n) is 12.0. The number of carbonyl (C=O) groups is 1. The van der Waals surface area contributed by atoms with Gasteiger partial charge in [-0.3, -0.25) is 14.7 Å². The summed E-state index contributed by atoms with van der Waals surface area (Å²) in [6, 6.07) is 22.3. The van der Waals surface area contributed by atoms with Gasteiger partial charge in [0, 0.05) is 57.5 Å². The SMILES string of the molecule is Cc1cc(C=CC(=O)N2CCN(Cc3ccc(CCOc4ccc(F)cc4)cc3)CC2)cc(C)c1Oc1ccc(OCc2cncs2)cn1.Cl. The van der Waals surface area contributed by atoms with Crippen molar-refractivity contribution in [3.05, 3.63) is 135 Å². The molecule has 0 radical (unpaired) electrons. The van der Waals surface area contributed by atoms with Crippen LogP contribution in [0.4, 0.5) is 4.39 Å². The van der Waals surface area contributed by atoms with Gasteiger partial charge in [-0.05, 0) is 90.2 Å². The summed E-state index contributed by atoms with van der Waals surface area (Å²) in [6.07, 6.45) is 7.76. The molecule has 0 aliphatic carbocycles. The predicted molar refractivity (Wildman–Crippen MR) is 197 cm³/mol. The van der Waals surface area contributed by atoms with Crippen LogP contribution in [0.2, 0.25) is 0 Å². The number of nitrogens with zero attached hydrogens (tertiary/aromatic N) is 4. The minimum absolute atomic E-state index is 0. The van der Waals surface area contributed by atoms with Crippen molar-refractivity contribution in [2.24, 2.45) is 0 Å². The van der Waals surface area contributed by atoms with Crippen LogP contribution in [0.3, 0.4) is 0 Å². The van der Waals surface area contributed by atoms with Gasteiger partial charge in [0.05, 0.1) is 23.2 Å². The Labute approximate surface area is 302 Å². The fourth-order valence-electron chi connectivity index (χ4n) is 5.61. The maximum absolute atomic E-state index is 13.1. The second-order valence-corrected chi connectivity index (χ2v) is 12.9. The summed E-state index contributed by atoms with van der Waals surface area (Å²) in [6.45, 7) is 8.84. The van der Waals surface area contributed by atoms with E-state index in [2.05, 4.69) is 39.1 Å². The number of aryl methyl sites for hydroxylation is 2.